The zero-order chi connectivity index (χ0) is 20.8. The highest BCUT2D eigenvalue weighted by Crippen LogP contribution is 2.28. The number of carboxylic acids is 1. The molecule has 0 saturated heterocycles. The maximum absolute atomic E-state index is 12.7. The van der Waals surface area contributed by atoms with Crippen molar-refractivity contribution >= 4 is 17.9 Å². The summed E-state index contributed by atoms with van der Waals surface area (Å²) in [5.41, 5.74) is 3.28. The molecule has 1 aromatic rings. The Hall–Kier alpha value is -2.41. The van der Waals surface area contributed by atoms with Gasteiger partial charge in [0.25, 0.3) is 0 Å². The first kappa shape index (κ1) is 22.6. The number of esters is 2. The molecular weight excluding hydrogens is 350 g/mol. The lowest BCUT2D eigenvalue weighted by Crippen LogP contribution is -2.63. The second-order valence-electron chi connectivity index (χ2n) is 7.95. The lowest BCUT2D eigenvalue weighted by atomic mass is 9.79. The molecule has 0 fully saturated rings. The van der Waals surface area contributed by atoms with Crippen molar-refractivity contribution in [3.05, 3.63) is 35.9 Å². The molecule has 7 heteroatoms. The molecule has 0 spiro atoms. The standard InChI is InChI=1S/C20H29NO6/c1-13(2)11-15(16(22)27-19(3,4)5)20(21,17(23)24)18(25)26-12-14-9-7-6-8-10-14/h6-10,13,15H,11-12,21H2,1-5H3,(H,23,24). The van der Waals surface area contributed by atoms with Crippen LogP contribution in [0.15, 0.2) is 30.3 Å². The van der Waals surface area contributed by atoms with Gasteiger partial charge in [0, 0.05) is 0 Å². The molecule has 0 aliphatic heterocycles. The summed E-state index contributed by atoms with van der Waals surface area (Å²) in [4.78, 5) is 37.2. The number of rotatable bonds is 8. The lowest BCUT2D eigenvalue weighted by Gasteiger charge is -2.33. The normalized spacial score (nSPS) is 14.9. The molecule has 0 bridgehead atoms. The van der Waals surface area contributed by atoms with Crippen molar-refractivity contribution in [2.24, 2.45) is 17.6 Å². The van der Waals surface area contributed by atoms with Crippen LogP contribution >= 0.6 is 0 Å². The number of carbonyl (C=O) groups is 3. The monoisotopic (exact) mass is 379 g/mol. The van der Waals surface area contributed by atoms with Crippen molar-refractivity contribution in [3.63, 3.8) is 0 Å². The fourth-order valence-electron chi connectivity index (χ4n) is 2.53. The van der Waals surface area contributed by atoms with Crippen LogP contribution in [0.5, 0.6) is 0 Å². The van der Waals surface area contributed by atoms with E-state index in [1.807, 2.05) is 0 Å². The Bertz CT molecular complexity index is 665. The van der Waals surface area contributed by atoms with Gasteiger partial charge in [-0.15, -0.1) is 0 Å². The molecule has 3 N–H and O–H groups in total. The largest absolute Gasteiger partial charge is 0.479 e. The molecule has 2 unspecified atom stereocenters. The van der Waals surface area contributed by atoms with Gasteiger partial charge in [-0.25, -0.2) is 9.59 Å². The number of benzene rings is 1. The van der Waals surface area contributed by atoms with Crippen LogP contribution < -0.4 is 5.73 Å². The Morgan fingerprint density at radius 1 is 1.11 bits per heavy atom. The van der Waals surface area contributed by atoms with Gasteiger partial charge in [0.15, 0.2) is 0 Å². The molecule has 0 heterocycles. The number of carbonyl (C=O) groups excluding carboxylic acids is 2. The average Bonchev–Trinajstić information content (AvgIpc) is 2.55. The molecule has 150 valence electrons. The Labute approximate surface area is 159 Å². The van der Waals surface area contributed by atoms with Crippen LogP contribution in [0.25, 0.3) is 0 Å². The van der Waals surface area contributed by atoms with E-state index in [0.717, 1.165) is 0 Å². The van der Waals surface area contributed by atoms with E-state index < -0.39 is 35.0 Å². The van der Waals surface area contributed by atoms with Crippen LogP contribution in [0.1, 0.15) is 46.6 Å². The number of nitrogens with two attached hydrogens (primary N) is 1. The van der Waals surface area contributed by atoms with E-state index >= 15 is 0 Å². The summed E-state index contributed by atoms with van der Waals surface area (Å²) in [6.45, 7) is 8.43. The predicted molar refractivity (Wildman–Crippen MR) is 99.6 cm³/mol. The second kappa shape index (κ2) is 8.99. The molecule has 27 heavy (non-hydrogen) atoms. The average molecular weight is 379 g/mol. The molecule has 1 rings (SSSR count). The van der Waals surface area contributed by atoms with Gasteiger partial charge in [-0.3, -0.25) is 4.79 Å². The first-order valence-corrected chi connectivity index (χ1v) is 8.84. The van der Waals surface area contributed by atoms with Crippen LogP contribution in [0.4, 0.5) is 0 Å². The van der Waals surface area contributed by atoms with Crippen molar-refractivity contribution in [2.75, 3.05) is 0 Å². The van der Waals surface area contributed by atoms with Crippen LogP contribution in [-0.2, 0) is 30.5 Å². The molecule has 0 aliphatic carbocycles. The first-order chi connectivity index (χ1) is 12.4. The van der Waals surface area contributed by atoms with Gasteiger partial charge in [-0.1, -0.05) is 44.2 Å². The van der Waals surface area contributed by atoms with Crippen molar-refractivity contribution in [1.29, 1.82) is 0 Å². The van der Waals surface area contributed by atoms with Gasteiger partial charge in [0.05, 0.1) is 5.92 Å². The zero-order valence-electron chi connectivity index (χ0n) is 16.5. The zero-order valence-corrected chi connectivity index (χ0v) is 16.5. The van der Waals surface area contributed by atoms with Gasteiger partial charge >= 0.3 is 17.9 Å². The van der Waals surface area contributed by atoms with Crippen molar-refractivity contribution in [2.45, 2.75) is 58.8 Å². The molecule has 0 saturated carbocycles. The third-order valence-corrected chi connectivity index (χ3v) is 3.85. The van der Waals surface area contributed by atoms with Crippen LogP contribution in [0.3, 0.4) is 0 Å². The van der Waals surface area contributed by atoms with E-state index in [1.165, 1.54) is 0 Å². The number of hydrogen-bond acceptors (Lipinski definition) is 6. The lowest BCUT2D eigenvalue weighted by molar-refractivity contribution is -0.178. The van der Waals surface area contributed by atoms with Gasteiger partial charge < -0.3 is 20.3 Å². The summed E-state index contributed by atoms with van der Waals surface area (Å²) in [6, 6.07) is 8.78. The first-order valence-electron chi connectivity index (χ1n) is 8.84. The van der Waals surface area contributed by atoms with Gasteiger partial charge in [0.2, 0.25) is 5.54 Å². The van der Waals surface area contributed by atoms with E-state index in [2.05, 4.69) is 0 Å². The molecule has 0 radical (unpaired) electrons. The van der Waals surface area contributed by atoms with Crippen LogP contribution in [0.2, 0.25) is 0 Å². The maximum atomic E-state index is 12.7. The number of aliphatic carboxylic acids is 1. The summed E-state index contributed by atoms with van der Waals surface area (Å²) >= 11 is 0. The quantitative estimate of drug-likeness (QED) is 0.526. The van der Waals surface area contributed by atoms with Crippen molar-refractivity contribution in [1.82, 2.24) is 0 Å². The SMILES string of the molecule is CC(C)CC(C(=O)OC(C)(C)C)C(N)(C(=O)O)C(=O)OCc1ccccc1. The fourth-order valence-corrected chi connectivity index (χ4v) is 2.53. The van der Waals surface area contributed by atoms with E-state index in [9.17, 15) is 19.5 Å². The van der Waals surface area contributed by atoms with E-state index in [0.29, 0.717) is 5.56 Å². The Balaban J connectivity index is 3.13. The highest BCUT2D eigenvalue weighted by Gasteiger charge is 2.55. The second-order valence-corrected chi connectivity index (χ2v) is 7.95. The Kier molecular flexibility index (Phi) is 7.54. The highest BCUT2D eigenvalue weighted by molar-refractivity contribution is 6.07. The summed E-state index contributed by atoms with van der Waals surface area (Å²) < 4.78 is 10.5. The smallest absolute Gasteiger partial charge is 0.339 e. The molecule has 0 aromatic heterocycles. The molecule has 7 nitrogen and oxygen atoms in total. The van der Waals surface area contributed by atoms with E-state index in [-0.39, 0.29) is 18.9 Å². The van der Waals surface area contributed by atoms with Crippen LogP contribution in [-0.4, -0.2) is 34.2 Å². The molecule has 2 atom stereocenters. The third kappa shape index (κ3) is 6.36. The minimum absolute atomic E-state index is 0.0676. The fraction of sp³-hybridized carbons (Fsp3) is 0.550. The molecule has 1 aromatic carbocycles. The Morgan fingerprint density at radius 2 is 1.67 bits per heavy atom. The van der Waals surface area contributed by atoms with E-state index in [4.69, 9.17) is 15.2 Å². The number of ether oxygens (including phenoxy) is 2. The van der Waals surface area contributed by atoms with Gasteiger partial charge in [0.1, 0.15) is 12.2 Å². The van der Waals surface area contributed by atoms with Gasteiger partial charge in [-0.05, 0) is 38.7 Å². The summed E-state index contributed by atoms with van der Waals surface area (Å²) in [7, 11) is 0. The third-order valence-electron chi connectivity index (χ3n) is 3.85. The summed E-state index contributed by atoms with van der Waals surface area (Å²) in [5, 5.41) is 9.70. The minimum atomic E-state index is -2.54. The van der Waals surface area contributed by atoms with Crippen molar-refractivity contribution in [3.8, 4) is 0 Å². The molecule has 0 amide bonds. The number of carboxylic acid groups (broad SMARTS) is 1. The van der Waals surface area contributed by atoms with Gasteiger partial charge in [-0.2, -0.15) is 0 Å². The number of hydrogen-bond donors (Lipinski definition) is 2. The minimum Gasteiger partial charge on any atom is -0.479 e. The summed E-state index contributed by atoms with van der Waals surface area (Å²) in [5.74, 6) is -5.10. The highest BCUT2D eigenvalue weighted by atomic mass is 16.6. The topological polar surface area (TPSA) is 116 Å². The predicted octanol–water partition coefficient (Wildman–Crippen LogP) is 2.52. The summed E-state index contributed by atoms with van der Waals surface area (Å²) in [6.07, 6.45) is 0.0676. The van der Waals surface area contributed by atoms with E-state index in [1.54, 1.807) is 65.0 Å². The molecular formula is C20H29NO6. The maximum Gasteiger partial charge on any atom is 0.339 e. The Morgan fingerprint density at radius 3 is 2.11 bits per heavy atom. The molecule has 0 aliphatic rings. The van der Waals surface area contributed by atoms with Crippen molar-refractivity contribution < 1.29 is 29.0 Å². The van der Waals surface area contributed by atoms with Crippen LogP contribution in [0, 0.1) is 11.8 Å².